The molecule has 2 saturated carbocycles. The minimum Gasteiger partial charge on any atom is -0.489 e. The molecule has 11 heteroatoms. The fourth-order valence-electron chi connectivity index (χ4n) is 7.99. The Morgan fingerprint density at radius 1 is 1.10 bits per heavy atom. The number of fused-ring (bicyclic) bond motifs is 9. The topological polar surface area (TPSA) is 117 Å². The molecule has 7 unspecified atom stereocenters. The van der Waals surface area contributed by atoms with E-state index in [0.717, 1.165) is 25.9 Å². The van der Waals surface area contributed by atoms with Crippen LogP contribution in [-0.2, 0) is 21.0 Å². The zero-order valence-corrected chi connectivity index (χ0v) is 25.2. The number of aromatic nitrogens is 1. The minimum atomic E-state index is -1.19. The first-order chi connectivity index (χ1) is 20.2. The number of carbonyl (C=O) groups is 3. The van der Waals surface area contributed by atoms with Gasteiger partial charge >= 0.3 is 10.8 Å². The van der Waals surface area contributed by atoms with Crippen molar-refractivity contribution in [2.24, 2.45) is 35.5 Å². The van der Waals surface area contributed by atoms with Crippen LogP contribution >= 0.6 is 34.7 Å². The maximum absolute atomic E-state index is 13.9. The molecule has 1 saturated heterocycles. The van der Waals surface area contributed by atoms with E-state index < -0.39 is 29.8 Å². The molecule has 2 bridgehead atoms. The quantitative estimate of drug-likeness (QED) is 0.345. The highest BCUT2D eigenvalue weighted by Gasteiger charge is 2.70. The number of hydrogen-bond acceptors (Lipinski definition) is 7. The lowest BCUT2D eigenvalue weighted by atomic mass is 9.68. The van der Waals surface area contributed by atoms with Crippen LogP contribution < -0.4 is 9.61 Å². The second-order valence-electron chi connectivity index (χ2n) is 12.0. The molecule has 2 aliphatic heterocycles. The van der Waals surface area contributed by atoms with E-state index in [-0.39, 0.29) is 45.6 Å². The highest BCUT2D eigenvalue weighted by Crippen LogP contribution is 2.69. The molecule has 7 rings (SSSR count). The zero-order chi connectivity index (χ0) is 29.4. The van der Waals surface area contributed by atoms with Crippen molar-refractivity contribution >= 4 is 52.5 Å². The van der Waals surface area contributed by atoms with Gasteiger partial charge in [-0.05, 0) is 53.9 Å². The summed E-state index contributed by atoms with van der Waals surface area (Å²) in [5.41, 5.74) is 1.87. The third-order valence-corrected chi connectivity index (χ3v) is 12.3. The average Bonchev–Trinajstić information content (AvgIpc) is 3.68. The molecule has 0 spiro atoms. The van der Waals surface area contributed by atoms with Crippen LogP contribution in [0.2, 0.25) is 5.02 Å². The van der Waals surface area contributed by atoms with Gasteiger partial charge in [-0.1, -0.05) is 67.1 Å². The molecular formula is C31H29ClN2O6S2. The van der Waals surface area contributed by atoms with Crippen molar-refractivity contribution in [1.29, 1.82) is 0 Å². The van der Waals surface area contributed by atoms with Crippen molar-refractivity contribution in [1.82, 2.24) is 9.88 Å². The molecule has 1 aromatic heterocycles. The Balaban J connectivity index is 1.31. The van der Waals surface area contributed by atoms with Gasteiger partial charge in [-0.3, -0.25) is 19.3 Å². The number of aliphatic carboxylic acids is 1. The van der Waals surface area contributed by atoms with E-state index in [2.05, 4.69) is 4.98 Å². The number of nitrogens with zero attached hydrogens (tertiary/aromatic N) is 1. The number of H-pyrrole nitrogens is 1. The minimum absolute atomic E-state index is 0.0287. The van der Waals surface area contributed by atoms with Crippen LogP contribution in [0.4, 0.5) is 0 Å². The number of carboxylic acid groups (broad SMARTS) is 1. The van der Waals surface area contributed by atoms with Crippen molar-refractivity contribution in [3.63, 3.8) is 0 Å². The number of amides is 2. The molecule has 2 aromatic carbocycles. The first-order valence-electron chi connectivity index (χ1n) is 14.1. The maximum Gasteiger partial charge on any atom is 0.327 e. The van der Waals surface area contributed by atoms with Gasteiger partial charge in [0.05, 0.1) is 16.9 Å². The van der Waals surface area contributed by atoms with Gasteiger partial charge in [0.2, 0.25) is 11.8 Å². The number of imide groups is 1. The van der Waals surface area contributed by atoms with Gasteiger partial charge in [0.15, 0.2) is 0 Å². The number of thiazole rings is 1. The van der Waals surface area contributed by atoms with E-state index in [9.17, 15) is 24.3 Å². The van der Waals surface area contributed by atoms with Gasteiger partial charge in [-0.2, -0.15) is 0 Å². The van der Waals surface area contributed by atoms with E-state index in [1.54, 1.807) is 31.7 Å². The van der Waals surface area contributed by atoms with Gasteiger partial charge in [-0.25, -0.2) is 4.79 Å². The molecule has 2 amide bonds. The Morgan fingerprint density at radius 3 is 2.50 bits per heavy atom. The van der Waals surface area contributed by atoms with Gasteiger partial charge in [-0.15, -0.1) is 11.8 Å². The second-order valence-corrected chi connectivity index (χ2v) is 14.6. The summed E-state index contributed by atoms with van der Waals surface area (Å²) >= 11 is 9.32. The van der Waals surface area contributed by atoms with E-state index in [1.807, 2.05) is 42.5 Å². The smallest absolute Gasteiger partial charge is 0.327 e. The molecule has 0 radical (unpaired) electrons. The van der Waals surface area contributed by atoms with E-state index in [1.165, 1.54) is 11.3 Å². The Labute approximate surface area is 255 Å². The molecule has 2 aliphatic carbocycles. The Kier molecular flexibility index (Phi) is 6.79. The van der Waals surface area contributed by atoms with Gasteiger partial charge in [0.25, 0.3) is 0 Å². The van der Waals surface area contributed by atoms with Crippen molar-refractivity contribution in [2.45, 2.75) is 49.1 Å². The summed E-state index contributed by atoms with van der Waals surface area (Å²) in [6.45, 7) is 3.79. The van der Waals surface area contributed by atoms with Crippen LogP contribution in [0, 0.1) is 35.5 Å². The number of carbonyl (C=O) groups excluding carboxylic acids is 2. The van der Waals surface area contributed by atoms with Crippen LogP contribution in [0.5, 0.6) is 5.75 Å². The Morgan fingerprint density at radius 2 is 1.81 bits per heavy atom. The van der Waals surface area contributed by atoms with Crippen LogP contribution in [0.3, 0.4) is 0 Å². The molecule has 2 N–H and O–H groups in total. The summed E-state index contributed by atoms with van der Waals surface area (Å²) in [5.74, 6) is -3.35. The van der Waals surface area contributed by atoms with Crippen molar-refractivity contribution < 1.29 is 24.2 Å². The highest BCUT2D eigenvalue weighted by molar-refractivity contribution is 8.00. The molecule has 3 aromatic rings. The number of likely N-dealkylation sites (tertiary alicyclic amines) is 1. The maximum atomic E-state index is 13.9. The van der Waals surface area contributed by atoms with Gasteiger partial charge in [0, 0.05) is 26.6 Å². The zero-order valence-electron chi connectivity index (χ0n) is 22.9. The number of rotatable bonds is 7. The molecule has 3 fully saturated rings. The summed E-state index contributed by atoms with van der Waals surface area (Å²) in [6.07, 6.45) is 0.707. The summed E-state index contributed by atoms with van der Waals surface area (Å²) in [7, 11) is 0. The van der Waals surface area contributed by atoms with E-state index in [0.29, 0.717) is 23.8 Å². The number of carboxylic acids is 1. The average molecular weight is 625 g/mol. The predicted molar refractivity (Wildman–Crippen MR) is 159 cm³/mol. The Bertz CT molecular complexity index is 1650. The summed E-state index contributed by atoms with van der Waals surface area (Å²) < 4.78 is 6.36. The monoisotopic (exact) mass is 624 g/mol. The summed E-state index contributed by atoms with van der Waals surface area (Å²) in [5, 5.41) is 11.2. The van der Waals surface area contributed by atoms with Crippen molar-refractivity contribution in [3.05, 3.63) is 79.2 Å². The third kappa shape index (κ3) is 4.17. The van der Waals surface area contributed by atoms with E-state index >= 15 is 0 Å². The van der Waals surface area contributed by atoms with Crippen molar-refractivity contribution in [3.8, 4) is 5.75 Å². The molecular weight excluding hydrogens is 596 g/mol. The number of benzene rings is 2. The lowest BCUT2D eigenvalue weighted by Gasteiger charge is -2.43. The van der Waals surface area contributed by atoms with Gasteiger partial charge in [0.1, 0.15) is 18.4 Å². The Hall–Kier alpha value is -3.08. The van der Waals surface area contributed by atoms with Gasteiger partial charge < -0.3 is 14.8 Å². The first kappa shape index (κ1) is 27.7. The summed E-state index contributed by atoms with van der Waals surface area (Å²) in [6, 6.07) is 14.2. The largest absolute Gasteiger partial charge is 0.489 e. The fraction of sp³-hybridized carbons (Fsp3) is 0.419. The van der Waals surface area contributed by atoms with Crippen LogP contribution in [0.1, 0.15) is 42.2 Å². The molecule has 218 valence electrons. The number of halogens is 1. The number of hydrogen-bond donors (Lipinski definition) is 2. The lowest BCUT2D eigenvalue weighted by Crippen LogP contribution is -2.49. The third-order valence-electron chi connectivity index (χ3n) is 9.46. The predicted octanol–water partition coefficient (Wildman–Crippen LogP) is 5.25. The standard InChI is InChI=1S/C31H29ClN2O6S2/c1-13(2)24(30(37)38)34-28(35)22-17-11-18(23(22)29(34)36)25-21(17)20(26-27(41-25)33-31(39)42-26)16-10-15(32)8-9-19(16)40-12-14-6-4-3-5-7-14/h3-10,13,17-18,20-25H,11-12H2,1-2H3,(H,33,39)(H,37,38)/t17?,18?,20-,21?,22?,23?,24?,25?/m1/s1. The number of ether oxygens (including phenoxy) is 1. The molecule has 42 heavy (non-hydrogen) atoms. The van der Waals surface area contributed by atoms with Crippen LogP contribution in [0.15, 0.2) is 58.4 Å². The molecule has 4 aliphatic rings. The SMILES string of the molecule is CC(C)C(C(=O)O)N1C(=O)C2C3CC(C2C1=O)C1C3Sc2[nH]c(=O)sc2[C@@H]1c1cc(Cl)ccc1OCc1ccccc1. The fourth-order valence-corrected chi connectivity index (χ4v) is 11.0. The molecule has 8 nitrogen and oxygen atoms in total. The molecule has 3 heterocycles. The lowest BCUT2D eigenvalue weighted by molar-refractivity contribution is -0.157. The van der Waals surface area contributed by atoms with Crippen LogP contribution in [-0.4, -0.2) is 44.1 Å². The highest BCUT2D eigenvalue weighted by atomic mass is 35.5. The summed E-state index contributed by atoms with van der Waals surface area (Å²) in [4.78, 5) is 57.3. The van der Waals surface area contributed by atoms with Crippen molar-refractivity contribution in [2.75, 3.05) is 0 Å². The number of aromatic amines is 1. The van der Waals surface area contributed by atoms with E-state index in [4.69, 9.17) is 16.3 Å². The second kappa shape index (κ2) is 10.3. The first-order valence-corrected chi connectivity index (χ1v) is 16.2. The van der Waals surface area contributed by atoms with Crippen LogP contribution in [0.25, 0.3) is 0 Å². The molecule has 8 atom stereocenters. The number of nitrogens with one attached hydrogen (secondary N) is 1. The number of thioether (sulfide) groups is 1. The normalized spacial score (nSPS) is 29.9.